The molecule has 1 saturated carbocycles. The van der Waals surface area contributed by atoms with Gasteiger partial charge in [0.25, 0.3) is 0 Å². The van der Waals surface area contributed by atoms with Gasteiger partial charge in [-0.2, -0.15) is 13.2 Å². The van der Waals surface area contributed by atoms with Crippen LogP contribution in [0, 0.1) is 5.92 Å². The normalized spacial score (nSPS) is 24.2. The molecular formula is C14H25F3N2O. The fraction of sp³-hybridized carbons (Fsp3) is 0.929. The lowest BCUT2D eigenvalue weighted by atomic mass is 9.94. The van der Waals surface area contributed by atoms with Crippen molar-refractivity contribution in [2.45, 2.75) is 64.1 Å². The first kappa shape index (κ1) is 17.3. The van der Waals surface area contributed by atoms with Crippen LogP contribution in [0.4, 0.5) is 13.2 Å². The molecule has 0 aromatic rings. The zero-order chi connectivity index (χ0) is 15.2. The molecule has 2 N–H and O–H groups in total. The molecule has 0 bridgehead atoms. The van der Waals surface area contributed by atoms with E-state index in [0.717, 1.165) is 37.0 Å². The lowest BCUT2D eigenvalue weighted by Gasteiger charge is -2.30. The van der Waals surface area contributed by atoms with Crippen LogP contribution in [0.3, 0.4) is 0 Å². The summed E-state index contributed by atoms with van der Waals surface area (Å²) in [5.74, 6) is -0.859. The predicted molar refractivity (Wildman–Crippen MR) is 72.1 cm³/mol. The molecule has 0 aromatic carbocycles. The minimum Gasteiger partial charge on any atom is -0.333 e. The Kier molecular flexibility index (Phi) is 6.79. The van der Waals surface area contributed by atoms with Crippen LogP contribution in [0.1, 0.15) is 51.9 Å². The maximum atomic E-state index is 12.6. The fourth-order valence-corrected chi connectivity index (χ4v) is 2.71. The fourth-order valence-electron chi connectivity index (χ4n) is 2.71. The predicted octanol–water partition coefficient (Wildman–Crippen LogP) is 3.09. The largest absolute Gasteiger partial charge is 0.406 e. The summed E-state index contributed by atoms with van der Waals surface area (Å²) >= 11 is 0. The molecule has 2 atom stereocenters. The Bertz CT molecular complexity index is 307. The SMILES string of the molecule is CCCCN(CC(F)(F)F)C(=O)C1CCCCCC1N. The maximum absolute atomic E-state index is 12.6. The van der Waals surface area contributed by atoms with Gasteiger partial charge in [-0.3, -0.25) is 4.79 Å². The number of unbranched alkanes of at least 4 members (excludes halogenated alkanes) is 1. The van der Waals surface area contributed by atoms with Gasteiger partial charge in [-0.15, -0.1) is 0 Å². The Labute approximate surface area is 118 Å². The van der Waals surface area contributed by atoms with Crippen LogP contribution >= 0.6 is 0 Å². The summed E-state index contributed by atoms with van der Waals surface area (Å²) in [7, 11) is 0. The number of hydrogen-bond donors (Lipinski definition) is 1. The quantitative estimate of drug-likeness (QED) is 0.792. The second kappa shape index (κ2) is 7.86. The smallest absolute Gasteiger partial charge is 0.333 e. The summed E-state index contributed by atoms with van der Waals surface area (Å²) in [4.78, 5) is 13.3. The van der Waals surface area contributed by atoms with E-state index < -0.39 is 24.5 Å². The number of rotatable bonds is 5. The first-order chi connectivity index (χ1) is 9.35. The third-order valence-electron chi connectivity index (χ3n) is 3.85. The summed E-state index contributed by atoms with van der Waals surface area (Å²) in [6.07, 6.45) is 1.17. The molecule has 1 aliphatic carbocycles. The van der Waals surface area contributed by atoms with Crippen LogP contribution in [0.25, 0.3) is 0 Å². The zero-order valence-electron chi connectivity index (χ0n) is 12.1. The summed E-state index contributed by atoms with van der Waals surface area (Å²) in [5.41, 5.74) is 5.98. The van der Waals surface area contributed by atoms with Gasteiger partial charge in [-0.25, -0.2) is 0 Å². The number of alkyl halides is 3. The topological polar surface area (TPSA) is 46.3 Å². The van der Waals surface area contributed by atoms with Gasteiger partial charge in [0.1, 0.15) is 6.54 Å². The molecule has 20 heavy (non-hydrogen) atoms. The zero-order valence-corrected chi connectivity index (χ0v) is 12.1. The molecule has 118 valence electrons. The molecule has 0 aromatic heterocycles. The number of halogens is 3. The standard InChI is InChI=1S/C14H25F3N2O/c1-2-3-9-19(10-14(15,16)17)13(20)11-7-5-4-6-8-12(11)18/h11-12H,2-10,18H2,1H3. The molecule has 0 saturated heterocycles. The van der Waals surface area contributed by atoms with Gasteiger partial charge >= 0.3 is 6.18 Å². The second-order valence-corrected chi connectivity index (χ2v) is 5.64. The molecule has 3 nitrogen and oxygen atoms in total. The average molecular weight is 294 g/mol. The van der Waals surface area contributed by atoms with Gasteiger partial charge in [-0.05, 0) is 19.3 Å². The van der Waals surface area contributed by atoms with E-state index in [-0.39, 0.29) is 12.6 Å². The van der Waals surface area contributed by atoms with Crippen molar-refractivity contribution < 1.29 is 18.0 Å². The van der Waals surface area contributed by atoms with Crippen molar-refractivity contribution >= 4 is 5.91 Å². The highest BCUT2D eigenvalue weighted by Crippen LogP contribution is 2.26. The van der Waals surface area contributed by atoms with E-state index in [4.69, 9.17) is 5.73 Å². The van der Waals surface area contributed by atoms with E-state index in [1.54, 1.807) is 0 Å². The summed E-state index contributed by atoms with van der Waals surface area (Å²) in [5, 5.41) is 0. The number of amides is 1. The Balaban J connectivity index is 2.73. The molecule has 6 heteroatoms. The molecule has 1 amide bonds. The van der Waals surface area contributed by atoms with Crippen LogP contribution in [-0.4, -0.2) is 36.1 Å². The van der Waals surface area contributed by atoms with Crippen molar-refractivity contribution in [2.75, 3.05) is 13.1 Å². The van der Waals surface area contributed by atoms with Gasteiger partial charge in [0, 0.05) is 12.6 Å². The van der Waals surface area contributed by atoms with E-state index in [0.29, 0.717) is 12.8 Å². The molecule has 0 heterocycles. The number of nitrogens with two attached hydrogens (primary N) is 1. The lowest BCUT2D eigenvalue weighted by molar-refractivity contribution is -0.164. The monoisotopic (exact) mass is 294 g/mol. The summed E-state index contributed by atoms with van der Waals surface area (Å²) < 4.78 is 37.8. The van der Waals surface area contributed by atoms with E-state index in [9.17, 15) is 18.0 Å². The van der Waals surface area contributed by atoms with Gasteiger partial charge in [0.05, 0.1) is 5.92 Å². The van der Waals surface area contributed by atoms with Crippen molar-refractivity contribution in [1.82, 2.24) is 4.90 Å². The van der Waals surface area contributed by atoms with Crippen molar-refractivity contribution in [3.63, 3.8) is 0 Å². The maximum Gasteiger partial charge on any atom is 0.406 e. The third kappa shape index (κ3) is 5.69. The Morgan fingerprint density at radius 2 is 1.90 bits per heavy atom. The number of carbonyl (C=O) groups is 1. The summed E-state index contributed by atoms with van der Waals surface area (Å²) in [6.45, 7) is 0.904. The highest BCUT2D eigenvalue weighted by atomic mass is 19.4. The van der Waals surface area contributed by atoms with E-state index in [1.807, 2.05) is 6.92 Å². The second-order valence-electron chi connectivity index (χ2n) is 5.64. The van der Waals surface area contributed by atoms with Crippen LogP contribution < -0.4 is 5.73 Å². The molecule has 1 rings (SSSR count). The Morgan fingerprint density at radius 1 is 1.25 bits per heavy atom. The highest BCUT2D eigenvalue weighted by molar-refractivity contribution is 5.79. The molecule has 0 aliphatic heterocycles. The Hall–Kier alpha value is -0.780. The molecule has 2 unspecified atom stereocenters. The van der Waals surface area contributed by atoms with Crippen LogP contribution in [0.15, 0.2) is 0 Å². The van der Waals surface area contributed by atoms with Crippen molar-refractivity contribution in [2.24, 2.45) is 11.7 Å². The first-order valence-electron chi connectivity index (χ1n) is 7.46. The van der Waals surface area contributed by atoms with Gasteiger partial charge in [-0.1, -0.05) is 32.6 Å². The average Bonchev–Trinajstić information content (AvgIpc) is 2.57. The highest BCUT2D eigenvalue weighted by Gasteiger charge is 2.37. The lowest BCUT2D eigenvalue weighted by Crippen LogP contribution is -2.47. The molecule has 1 aliphatic rings. The third-order valence-corrected chi connectivity index (χ3v) is 3.85. The minimum absolute atomic E-state index is 0.165. The molecular weight excluding hydrogens is 269 g/mol. The van der Waals surface area contributed by atoms with Crippen LogP contribution in [0.5, 0.6) is 0 Å². The number of carbonyl (C=O) groups excluding carboxylic acids is 1. The molecule has 0 spiro atoms. The Morgan fingerprint density at radius 3 is 2.50 bits per heavy atom. The van der Waals surface area contributed by atoms with Crippen molar-refractivity contribution in [3.8, 4) is 0 Å². The van der Waals surface area contributed by atoms with Crippen molar-refractivity contribution in [1.29, 1.82) is 0 Å². The van der Waals surface area contributed by atoms with Gasteiger partial charge in [0.2, 0.25) is 5.91 Å². The van der Waals surface area contributed by atoms with E-state index in [1.165, 1.54) is 0 Å². The van der Waals surface area contributed by atoms with Gasteiger partial charge in [0.15, 0.2) is 0 Å². The van der Waals surface area contributed by atoms with Gasteiger partial charge < -0.3 is 10.6 Å². The van der Waals surface area contributed by atoms with Crippen LogP contribution in [0.2, 0.25) is 0 Å². The van der Waals surface area contributed by atoms with E-state index in [2.05, 4.69) is 0 Å². The number of hydrogen-bond acceptors (Lipinski definition) is 2. The summed E-state index contributed by atoms with van der Waals surface area (Å²) in [6, 6.07) is -0.303. The first-order valence-corrected chi connectivity index (χ1v) is 7.46. The van der Waals surface area contributed by atoms with E-state index >= 15 is 0 Å². The van der Waals surface area contributed by atoms with Crippen LogP contribution in [-0.2, 0) is 4.79 Å². The molecule has 1 fully saturated rings. The minimum atomic E-state index is -4.35. The number of nitrogens with zero attached hydrogens (tertiary/aromatic N) is 1. The van der Waals surface area contributed by atoms with Crippen molar-refractivity contribution in [3.05, 3.63) is 0 Å². The molecule has 0 radical (unpaired) electrons.